The minimum Gasteiger partial charge on any atom is -0.309 e. The molecule has 0 saturated carbocycles. The highest BCUT2D eigenvalue weighted by molar-refractivity contribution is 9.10. The normalized spacial score (nSPS) is 13.5. The van der Waals surface area contributed by atoms with E-state index in [9.17, 15) is 0 Å². The second kappa shape index (κ2) is 5.78. The molecule has 1 unspecified atom stereocenters. The number of nitrogens with one attached hydrogen (secondary N) is 1. The third kappa shape index (κ3) is 3.10. The molecule has 1 aromatic heterocycles. The smallest absolute Gasteiger partial charge is 0.0682 e. The maximum absolute atomic E-state index is 3.65. The average Bonchev–Trinajstić information content (AvgIpc) is 2.76. The van der Waals surface area contributed by atoms with Crippen LogP contribution < -0.4 is 5.32 Å². The van der Waals surface area contributed by atoms with Crippen molar-refractivity contribution < 1.29 is 0 Å². The van der Waals surface area contributed by atoms with Crippen LogP contribution in [0.25, 0.3) is 0 Å². The summed E-state index contributed by atoms with van der Waals surface area (Å²) >= 11 is 5.44. The van der Waals surface area contributed by atoms with E-state index in [1.165, 1.54) is 20.5 Å². The maximum Gasteiger partial charge on any atom is 0.0682 e. The van der Waals surface area contributed by atoms with Crippen LogP contribution in [0.15, 0.2) is 40.2 Å². The highest BCUT2D eigenvalue weighted by Gasteiger charge is 2.24. The van der Waals surface area contributed by atoms with Crippen LogP contribution >= 0.6 is 27.3 Å². The van der Waals surface area contributed by atoms with Crippen molar-refractivity contribution in [3.05, 3.63) is 56.2 Å². The molecule has 0 saturated heterocycles. The van der Waals surface area contributed by atoms with E-state index in [0.717, 1.165) is 0 Å². The minimum atomic E-state index is 0.148. The van der Waals surface area contributed by atoms with Gasteiger partial charge in [-0.1, -0.05) is 45.0 Å². The highest BCUT2D eigenvalue weighted by atomic mass is 79.9. The Morgan fingerprint density at radius 1 is 1.16 bits per heavy atom. The van der Waals surface area contributed by atoms with Gasteiger partial charge in [0.2, 0.25) is 0 Å². The third-order valence-electron chi connectivity index (χ3n) is 3.28. The van der Waals surface area contributed by atoms with Crippen molar-refractivity contribution in [3.63, 3.8) is 0 Å². The summed E-state index contributed by atoms with van der Waals surface area (Å²) in [5, 5.41) is 5.58. The summed E-state index contributed by atoms with van der Waals surface area (Å²) in [5.41, 5.74) is 2.91. The van der Waals surface area contributed by atoms with Gasteiger partial charge in [0, 0.05) is 9.35 Å². The molecule has 0 aliphatic heterocycles. The fraction of sp³-hybridized carbons (Fsp3) is 0.375. The summed E-state index contributed by atoms with van der Waals surface area (Å²) in [5.74, 6) is 0. The van der Waals surface area contributed by atoms with E-state index < -0.39 is 0 Å². The highest BCUT2D eigenvalue weighted by Crippen LogP contribution is 2.37. The summed E-state index contributed by atoms with van der Waals surface area (Å²) in [6.07, 6.45) is 0. The Kier molecular flexibility index (Phi) is 4.49. The molecular weight excluding hydrogens is 318 g/mol. The second-order valence-corrected chi connectivity index (χ2v) is 7.49. The first-order chi connectivity index (χ1) is 8.95. The Hall–Kier alpha value is -0.640. The van der Waals surface area contributed by atoms with Crippen LogP contribution in [0.4, 0.5) is 0 Å². The number of halogens is 1. The first-order valence-electron chi connectivity index (χ1n) is 6.44. The lowest BCUT2D eigenvalue weighted by Gasteiger charge is -2.27. The van der Waals surface area contributed by atoms with Gasteiger partial charge in [-0.2, -0.15) is 0 Å². The zero-order valence-electron chi connectivity index (χ0n) is 11.8. The molecule has 0 amide bonds. The van der Waals surface area contributed by atoms with Gasteiger partial charge < -0.3 is 5.32 Å². The summed E-state index contributed by atoms with van der Waals surface area (Å²) in [4.78, 5) is 1.33. The van der Waals surface area contributed by atoms with Gasteiger partial charge in [0.25, 0.3) is 0 Å². The molecule has 0 bridgehead atoms. The molecule has 0 aliphatic rings. The molecule has 19 heavy (non-hydrogen) atoms. The maximum atomic E-state index is 3.65. The topological polar surface area (TPSA) is 12.0 Å². The average molecular weight is 338 g/mol. The number of hydrogen-bond donors (Lipinski definition) is 1. The SMILES string of the molecule is CNC(c1ccccc1C(C)(C)C)c1sccc1Br. The molecule has 1 aromatic carbocycles. The Morgan fingerprint density at radius 3 is 2.37 bits per heavy atom. The Bertz CT molecular complexity index is 554. The Balaban J connectivity index is 2.54. The molecule has 0 spiro atoms. The van der Waals surface area contributed by atoms with Crippen molar-refractivity contribution in [1.29, 1.82) is 0 Å². The van der Waals surface area contributed by atoms with Crippen LogP contribution in [-0.2, 0) is 5.41 Å². The number of rotatable bonds is 3. The van der Waals surface area contributed by atoms with E-state index in [4.69, 9.17) is 0 Å². The first-order valence-corrected chi connectivity index (χ1v) is 8.12. The molecule has 102 valence electrons. The lowest BCUT2D eigenvalue weighted by Crippen LogP contribution is -2.23. The predicted octanol–water partition coefficient (Wildman–Crippen LogP) is 5.12. The summed E-state index contributed by atoms with van der Waals surface area (Å²) in [7, 11) is 2.02. The van der Waals surface area contributed by atoms with E-state index in [0.29, 0.717) is 0 Å². The van der Waals surface area contributed by atoms with Gasteiger partial charge in [0.05, 0.1) is 6.04 Å². The number of thiophene rings is 1. The van der Waals surface area contributed by atoms with Crippen LogP contribution in [0.5, 0.6) is 0 Å². The van der Waals surface area contributed by atoms with Gasteiger partial charge in [-0.3, -0.25) is 0 Å². The zero-order valence-corrected chi connectivity index (χ0v) is 14.2. The van der Waals surface area contributed by atoms with E-state index in [1.54, 1.807) is 11.3 Å². The fourth-order valence-electron chi connectivity index (χ4n) is 2.37. The Morgan fingerprint density at radius 2 is 1.84 bits per heavy atom. The summed E-state index contributed by atoms with van der Waals surface area (Å²) in [6.45, 7) is 6.80. The predicted molar refractivity (Wildman–Crippen MR) is 88.1 cm³/mol. The second-order valence-electron chi connectivity index (χ2n) is 5.69. The van der Waals surface area contributed by atoms with Crippen LogP contribution in [0.3, 0.4) is 0 Å². The largest absolute Gasteiger partial charge is 0.309 e. The molecule has 0 fully saturated rings. The molecule has 1 nitrogen and oxygen atoms in total. The van der Waals surface area contributed by atoms with Gasteiger partial charge in [-0.25, -0.2) is 0 Å². The van der Waals surface area contributed by atoms with E-state index in [1.807, 2.05) is 7.05 Å². The lowest BCUT2D eigenvalue weighted by molar-refractivity contribution is 0.568. The zero-order chi connectivity index (χ0) is 14.0. The molecule has 1 heterocycles. The van der Waals surface area contributed by atoms with Crippen molar-refractivity contribution in [3.8, 4) is 0 Å². The lowest BCUT2D eigenvalue weighted by atomic mass is 9.81. The first kappa shape index (κ1) is 14.8. The number of benzene rings is 1. The van der Waals surface area contributed by atoms with Crippen LogP contribution in [0, 0.1) is 0 Å². The monoisotopic (exact) mass is 337 g/mol. The molecule has 1 atom stereocenters. The molecule has 3 heteroatoms. The van der Waals surface area contributed by atoms with Gasteiger partial charge in [-0.15, -0.1) is 11.3 Å². The van der Waals surface area contributed by atoms with Crippen LogP contribution in [-0.4, -0.2) is 7.05 Å². The molecule has 1 N–H and O–H groups in total. The molecule has 0 aliphatic carbocycles. The van der Waals surface area contributed by atoms with E-state index in [-0.39, 0.29) is 11.5 Å². The van der Waals surface area contributed by atoms with Gasteiger partial charge in [-0.05, 0) is 51.0 Å². The van der Waals surface area contributed by atoms with Crippen LogP contribution in [0.2, 0.25) is 0 Å². The Labute approximate surface area is 128 Å². The third-order valence-corrected chi connectivity index (χ3v) is 5.21. The van der Waals surface area contributed by atoms with Crippen molar-refractivity contribution in [2.75, 3.05) is 7.05 Å². The minimum absolute atomic E-state index is 0.148. The van der Waals surface area contributed by atoms with E-state index in [2.05, 4.69) is 77.7 Å². The van der Waals surface area contributed by atoms with Crippen molar-refractivity contribution in [2.24, 2.45) is 0 Å². The van der Waals surface area contributed by atoms with Crippen molar-refractivity contribution in [1.82, 2.24) is 5.32 Å². The summed E-state index contributed by atoms with van der Waals surface area (Å²) in [6, 6.07) is 11.1. The van der Waals surface area contributed by atoms with Gasteiger partial charge in [0.1, 0.15) is 0 Å². The molecule has 2 aromatic rings. The van der Waals surface area contributed by atoms with Gasteiger partial charge in [0.15, 0.2) is 0 Å². The number of hydrogen-bond acceptors (Lipinski definition) is 2. The molecule has 2 rings (SSSR count). The van der Waals surface area contributed by atoms with Crippen molar-refractivity contribution >= 4 is 27.3 Å². The molecular formula is C16H20BrNS. The fourth-order valence-corrected chi connectivity index (χ4v) is 4.10. The van der Waals surface area contributed by atoms with Crippen LogP contribution in [0.1, 0.15) is 42.8 Å². The van der Waals surface area contributed by atoms with Crippen molar-refractivity contribution in [2.45, 2.75) is 32.2 Å². The van der Waals surface area contributed by atoms with E-state index >= 15 is 0 Å². The van der Waals surface area contributed by atoms with Gasteiger partial charge >= 0.3 is 0 Å². The molecule has 0 radical (unpaired) electrons. The quantitative estimate of drug-likeness (QED) is 0.819. The standard InChI is InChI=1S/C16H20BrNS/c1-16(2,3)12-8-6-5-7-11(12)14(18-4)15-13(17)9-10-19-15/h5-10,14,18H,1-4H3. The summed E-state index contributed by atoms with van der Waals surface area (Å²) < 4.78 is 1.18.